The van der Waals surface area contributed by atoms with Gasteiger partial charge in [-0.2, -0.15) is 0 Å². The average Bonchev–Trinajstić information content (AvgIpc) is 2.48. The quantitative estimate of drug-likeness (QED) is 0.636. The van der Waals surface area contributed by atoms with Crippen LogP contribution in [0, 0.1) is 0 Å². The van der Waals surface area contributed by atoms with Gasteiger partial charge in [-0.05, 0) is 6.07 Å². The first-order valence-electron chi connectivity index (χ1n) is 4.76. The van der Waals surface area contributed by atoms with Gasteiger partial charge in [-0.1, -0.05) is 20.8 Å². The standard InChI is InChI=1S/C11H15N3/c1-11(2,3)9-5-8-6-12-7-14(4)10(8)13-9/h5-7H,1-4H3. The molecule has 0 atom stereocenters. The zero-order valence-electron chi connectivity index (χ0n) is 9.07. The van der Waals surface area contributed by atoms with Gasteiger partial charge in [0.2, 0.25) is 0 Å². The van der Waals surface area contributed by atoms with Gasteiger partial charge in [-0.25, -0.2) is 9.97 Å². The summed E-state index contributed by atoms with van der Waals surface area (Å²) >= 11 is 0. The molecule has 0 bridgehead atoms. The Labute approximate surface area is 84.2 Å². The van der Waals surface area contributed by atoms with Crippen LogP contribution in [0.25, 0.3) is 11.4 Å². The Morgan fingerprint density at radius 1 is 1.29 bits per heavy atom. The van der Waals surface area contributed by atoms with Gasteiger partial charge in [0.25, 0.3) is 0 Å². The van der Waals surface area contributed by atoms with E-state index < -0.39 is 0 Å². The zero-order chi connectivity index (χ0) is 10.3. The van der Waals surface area contributed by atoms with Crippen LogP contribution in [0.5, 0.6) is 0 Å². The topological polar surface area (TPSA) is 30.7 Å². The molecule has 0 aromatic carbocycles. The second-order valence-electron chi connectivity index (χ2n) is 4.67. The number of fused-ring (bicyclic) bond motifs is 1. The molecular formula is C11H15N3. The van der Waals surface area contributed by atoms with Gasteiger partial charge in [0.1, 0.15) is 5.82 Å². The lowest BCUT2D eigenvalue weighted by molar-refractivity contribution is 0.572. The van der Waals surface area contributed by atoms with E-state index in [9.17, 15) is 0 Å². The van der Waals surface area contributed by atoms with E-state index in [4.69, 9.17) is 0 Å². The molecule has 0 spiro atoms. The largest absolute Gasteiger partial charge is 0.320 e. The third-order valence-corrected chi connectivity index (χ3v) is 2.33. The molecule has 2 aliphatic heterocycles. The van der Waals surface area contributed by atoms with Crippen molar-refractivity contribution in [2.45, 2.75) is 26.2 Å². The van der Waals surface area contributed by atoms with Gasteiger partial charge in [0, 0.05) is 29.9 Å². The molecule has 2 aliphatic rings. The van der Waals surface area contributed by atoms with Crippen molar-refractivity contribution >= 4 is 0 Å². The molecule has 0 saturated carbocycles. The molecule has 0 amide bonds. The third-order valence-electron chi connectivity index (χ3n) is 2.33. The molecule has 0 aromatic rings. The highest BCUT2D eigenvalue weighted by atomic mass is 15.1. The number of rotatable bonds is 0. The number of hydrogen-bond donors (Lipinski definition) is 0. The molecule has 2 rings (SSSR count). The van der Waals surface area contributed by atoms with Gasteiger partial charge in [-0.15, -0.1) is 0 Å². The fourth-order valence-electron chi connectivity index (χ4n) is 1.45. The summed E-state index contributed by atoms with van der Waals surface area (Å²) < 4.78 is 1.95. The Morgan fingerprint density at radius 3 is 2.57 bits per heavy atom. The normalized spacial score (nSPS) is 12.3. The van der Waals surface area contributed by atoms with Crippen LogP contribution in [0.2, 0.25) is 0 Å². The zero-order valence-corrected chi connectivity index (χ0v) is 9.07. The first kappa shape index (κ1) is 9.19. The van der Waals surface area contributed by atoms with Crippen molar-refractivity contribution in [1.29, 1.82) is 0 Å². The van der Waals surface area contributed by atoms with E-state index >= 15 is 0 Å². The summed E-state index contributed by atoms with van der Waals surface area (Å²) in [6.45, 7) is 6.50. The van der Waals surface area contributed by atoms with Crippen molar-refractivity contribution in [3.8, 4) is 11.4 Å². The Hall–Kier alpha value is -1.38. The van der Waals surface area contributed by atoms with E-state index in [-0.39, 0.29) is 5.41 Å². The summed E-state index contributed by atoms with van der Waals surface area (Å²) in [7, 11) is 1.97. The minimum absolute atomic E-state index is 0.103. The van der Waals surface area contributed by atoms with E-state index in [0.717, 1.165) is 17.1 Å². The molecule has 3 nitrogen and oxygen atoms in total. The first-order valence-corrected chi connectivity index (χ1v) is 4.76. The molecule has 74 valence electrons. The van der Waals surface area contributed by atoms with Gasteiger partial charge < -0.3 is 4.57 Å². The van der Waals surface area contributed by atoms with Gasteiger partial charge in [0.15, 0.2) is 0 Å². The molecular weight excluding hydrogens is 174 g/mol. The van der Waals surface area contributed by atoms with E-state index in [0.29, 0.717) is 0 Å². The third kappa shape index (κ3) is 1.39. The van der Waals surface area contributed by atoms with Crippen molar-refractivity contribution in [1.82, 2.24) is 14.5 Å². The summed E-state index contributed by atoms with van der Waals surface area (Å²) in [6, 6.07) is 2.11. The molecule has 0 fully saturated rings. The Bertz CT molecular complexity index is 423. The lowest BCUT2D eigenvalue weighted by atomic mass is 9.92. The molecule has 0 unspecified atom stereocenters. The fourth-order valence-corrected chi connectivity index (χ4v) is 1.45. The molecule has 14 heavy (non-hydrogen) atoms. The fraction of sp³-hybridized carbons (Fsp3) is 0.455. The maximum absolute atomic E-state index is 4.61. The predicted molar refractivity (Wildman–Crippen MR) is 56.3 cm³/mol. The van der Waals surface area contributed by atoms with Crippen LogP contribution in [0.4, 0.5) is 0 Å². The van der Waals surface area contributed by atoms with E-state index in [1.807, 2.05) is 17.8 Å². The summed E-state index contributed by atoms with van der Waals surface area (Å²) in [4.78, 5) is 8.74. The Morgan fingerprint density at radius 2 is 2.00 bits per heavy atom. The molecule has 0 aromatic heterocycles. The van der Waals surface area contributed by atoms with Crippen molar-refractivity contribution < 1.29 is 0 Å². The second-order valence-corrected chi connectivity index (χ2v) is 4.67. The molecule has 2 heterocycles. The van der Waals surface area contributed by atoms with Crippen molar-refractivity contribution in [3.63, 3.8) is 0 Å². The van der Waals surface area contributed by atoms with Gasteiger partial charge >= 0.3 is 0 Å². The number of aromatic nitrogens is 3. The second kappa shape index (κ2) is 2.80. The molecule has 0 aliphatic carbocycles. The van der Waals surface area contributed by atoms with Gasteiger partial charge in [0.05, 0.1) is 6.33 Å². The average molecular weight is 189 g/mol. The Balaban J connectivity index is 2.63. The number of aryl methyl sites for hydroxylation is 1. The highest BCUT2D eigenvalue weighted by Gasteiger charge is 2.20. The van der Waals surface area contributed by atoms with Crippen LogP contribution in [-0.2, 0) is 12.5 Å². The summed E-state index contributed by atoms with van der Waals surface area (Å²) in [5, 5.41) is 0. The van der Waals surface area contributed by atoms with Crippen molar-refractivity contribution in [2.24, 2.45) is 7.05 Å². The molecule has 0 radical (unpaired) electrons. The first-order chi connectivity index (χ1) is 6.48. The lowest BCUT2D eigenvalue weighted by Gasteiger charge is -2.14. The van der Waals surface area contributed by atoms with Crippen LogP contribution >= 0.6 is 0 Å². The monoisotopic (exact) mass is 189 g/mol. The predicted octanol–water partition coefficient (Wildman–Crippen LogP) is 2.22. The van der Waals surface area contributed by atoms with Crippen LogP contribution < -0.4 is 0 Å². The van der Waals surface area contributed by atoms with Crippen LogP contribution in [0.1, 0.15) is 26.5 Å². The number of nitrogens with zero attached hydrogens (tertiary/aromatic N) is 3. The van der Waals surface area contributed by atoms with Crippen LogP contribution in [-0.4, -0.2) is 14.5 Å². The van der Waals surface area contributed by atoms with Crippen LogP contribution in [0.3, 0.4) is 0 Å². The SMILES string of the molecule is Cn1cncc2cc(C(C)(C)C)nc1-2. The maximum Gasteiger partial charge on any atom is 0.142 e. The van der Waals surface area contributed by atoms with Crippen LogP contribution in [0.15, 0.2) is 18.6 Å². The maximum atomic E-state index is 4.61. The lowest BCUT2D eigenvalue weighted by Crippen LogP contribution is -2.11. The highest BCUT2D eigenvalue weighted by molar-refractivity contribution is 5.58. The summed E-state index contributed by atoms with van der Waals surface area (Å²) in [5.74, 6) is 1.00. The van der Waals surface area contributed by atoms with Crippen molar-refractivity contribution in [3.05, 3.63) is 24.3 Å². The minimum Gasteiger partial charge on any atom is -0.320 e. The van der Waals surface area contributed by atoms with E-state index in [1.165, 1.54) is 0 Å². The van der Waals surface area contributed by atoms with E-state index in [1.54, 1.807) is 6.33 Å². The molecule has 3 heteroatoms. The van der Waals surface area contributed by atoms with E-state index in [2.05, 4.69) is 36.8 Å². The smallest absolute Gasteiger partial charge is 0.142 e. The molecule has 0 saturated heterocycles. The highest BCUT2D eigenvalue weighted by Crippen LogP contribution is 2.28. The Kier molecular flexibility index (Phi) is 1.84. The molecule has 0 N–H and O–H groups in total. The summed E-state index contributed by atoms with van der Waals surface area (Å²) in [6.07, 6.45) is 3.64. The summed E-state index contributed by atoms with van der Waals surface area (Å²) in [5.41, 5.74) is 2.34. The van der Waals surface area contributed by atoms with Gasteiger partial charge in [-0.3, -0.25) is 0 Å². The van der Waals surface area contributed by atoms with Crippen molar-refractivity contribution in [2.75, 3.05) is 0 Å². The number of hydrogen-bond acceptors (Lipinski definition) is 2. The minimum atomic E-state index is 0.103.